The highest BCUT2D eigenvalue weighted by Gasteiger charge is 2.29. The van der Waals surface area contributed by atoms with Gasteiger partial charge in [-0.3, -0.25) is 4.79 Å². The van der Waals surface area contributed by atoms with E-state index < -0.39 is 0 Å². The maximum absolute atomic E-state index is 12.1. The SMILES string of the molecule is CCCNC(c1ccc2c(c1)C(=O)NCCO2)C1CCC1. The largest absolute Gasteiger partial charge is 0.491 e. The lowest BCUT2D eigenvalue weighted by Crippen LogP contribution is -2.33. The van der Waals surface area contributed by atoms with Crippen LogP contribution in [-0.4, -0.2) is 25.6 Å². The van der Waals surface area contributed by atoms with Crippen LogP contribution in [-0.2, 0) is 0 Å². The Morgan fingerprint density at radius 2 is 2.29 bits per heavy atom. The summed E-state index contributed by atoms with van der Waals surface area (Å²) in [5.41, 5.74) is 1.89. The molecule has 2 N–H and O–H groups in total. The van der Waals surface area contributed by atoms with Gasteiger partial charge in [0.1, 0.15) is 12.4 Å². The molecule has 1 aliphatic heterocycles. The Morgan fingerprint density at radius 1 is 1.43 bits per heavy atom. The van der Waals surface area contributed by atoms with E-state index in [-0.39, 0.29) is 5.91 Å². The van der Waals surface area contributed by atoms with Crippen LogP contribution in [0.15, 0.2) is 18.2 Å². The van der Waals surface area contributed by atoms with Gasteiger partial charge < -0.3 is 15.4 Å². The van der Waals surface area contributed by atoms with Crippen molar-refractivity contribution in [3.05, 3.63) is 29.3 Å². The van der Waals surface area contributed by atoms with Gasteiger partial charge in [0.05, 0.1) is 12.1 Å². The fourth-order valence-corrected chi connectivity index (χ4v) is 3.09. The molecular weight excluding hydrogens is 264 g/mol. The molecule has 1 aromatic rings. The maximum Gasteiger partial charge on any atom is 0.255 e. The van der Waals surface area contributed by atoms with Gasteiger partial charge in [0.25, 0.3) is 5.91 Å². The van der Waals surface area contributed by atoms with Crippen LogP contribution in [0.2, 0.25) is 0 Å². The second-order valence-electron chi connectivity index (χ2n) is 5.98. The zero-order valence-electron chi connectivity index (χ0n) is 12.7. The molecule has 1 saturated carbocycles. The second kappa shape index (κ2) is 6.48. The minimum atomic E-state index is -0.0211. The summed E-state index contributed by atoms with van der Waals surface area (Å²) >= 11 is 0. The molecule has 21 heavy (non-hydrogen) atoms. The average Bonchev–Trinajstić information content (AvgIpc) is 2.63. The van der Waals surface area contributed by atoms with Crippen LogP contribution in [0.1, 0.15) is 54.6 Å². The summed E-state index contributed by atoms with van der Waals surface area (Å²) in [6.07, 6.45) is 5.00. The summed E-state index contributed by atoms with van der Waals surface area (Å²) in [5.74, 6) is 1.38. The van der Waals surface area contributed by atoms with Gasteiger partial charge in [-0.05, 0) is 49.4 Å². The first kappa shape index (κ1) is 14.4. The van der Waals surface area contributed by atoms with Gasteiger partial charge in [-0.2, -0.15) is 0 Å². The third-order valence-corrected chi connectivity index (χ3v) is 4.49. The van der Waals surface area contributed by atoms with Crippen molar-refractivity contribution in [2.75, 3.05) is 19.7 Å². The van der Waals surface area contributed by atoms with E-state index in [9.17, 15) is 4.79 Å². The molecule has 4 nitrogen and oxygen atoms in total. The Kier molecular flexibility index (Phi) is 4.44. The fraction of sp³-hybridized carbons (Fsp3) is 0.588. The number of carbonyl (C=O) groups is 1. The molecule has 1 unspecified atom stereocenters. The Labute approximate surface area is 126 Å². The molecule has 1 fully saturated rings. The minimum absolute atomic E-state index is 0.0211. The van der Waals surface area contributed by atoms with E-state index in [0.29, 0.717) is 36.4 Å². The van der Waals surface area contributed by atoms with Crippen LogP contribution >= 0.6 is 0 Å². The van der Waals surface area contributed by atoms with E-state index in [1.54, 1.807) is 0 Å². The van der Waals surface area contributed by atoms with E-state index in [1.807, 2.05) is 12.1 Å². The van der Waals surface area contributed by atoms with Gasteiger partial charge in [-0.15, -0.1) is 0 Å². The minimum Gasteiger partial charge on any atom is -0.491 e. The standard InChI is InChI=1S/C17H24N2O2/c1-2-8-18-16(12-4-3-5-12)13-6-7-15-14(11-13)17(20)19-9-10-21-15/h6-7,11-12,16,18H,2-5,8-10H2,1H3,(H,19,20). The van der Waals surface area contributed by atoms with Crippen molar-refractivity contribution in [1.29, 1.82) is 0 Å². The molecule has 0 bridgehead atoms. The number of rotatable bonds is 5. The van der Waals surface area contributed by atoms with E-state index >= 15 is 0 Å². The second-order valence-corrected chi connectivity index (χ2v) is 5.98. The lowest BCUT2D eigenvalue weighted by atomic mass is 9.77. The summed E-state index contributed by atoms with van der Waals surface area (Å²) < 4.78 is 5.63. The first-order valence-electron chi connectivity index (χ1n) is 8.08. The molecule has 0 radical (unpaired) electrons. The predicted octanol–water partition coefficient (Wildman–Crippen LogP) is 2.65. The van der Waals surface area contributed by atoms with E-state index in [1.165, 1.54) is 24.8 Å². The summed E-state index contributed by atoms with van der Waals surface area (Å²) in [5, 5.41) is 6.54. The highest BCUT2D eigenvalue weighted by molar-refractivity contribution is 5.97. The van der Waals surface area contributed by atoms with Crippen molar-refractivity contribution < 1.29 is 9.53 Å². The first-order valence-corrected chi connectivity index (χ1v) is 8.08. The van der Waals surface area contributed by atoms with Crippen molar-refractivity contribution in [3.63, 3.8) is 0 Å². The Balaban J connectivity index is 1.87. The van der Waals surface area contributed by atoms with Crippen molar-refractivity contribution >= 4 is 5.91 Å². The van der Waals surface area contributed by atoms with Gasteiger partial charge in [0.15, 0.2) is 0 Å². The molecule has 1 heterocycles. The Morgan fingerprint density at radius 3 is 3.00 bits per heavy atom. The van der Waals surface area contributed by atoms with E-state index in [4.69, 9.17) is 4.74 Å². The van der Waals surface area contributed by atoms with Crippen LogP contribution < -0.4 is 15.4 Å². The number of amides is 1. The van der Waals surface area contributed by atoms with E-state index in [2.05, 4.69) is 23.6 Å². The first-order chi connectivity index (χ1) is 10.3. The molecule has 4 heteroatoms. The number of nitrogens with one attached hydrogen (secondary N) is 2. The molecule has 0 spiro atoms. The molecular formula is C17H24N2O2. The topological polar surface area (TPSA) is 50.4 Å². The highest BCUT2D eigenvalue weighted by atomic mass is 16.5. The summed E-state index contributed by atoms with van der Waals surface area (Å²) in [6, 6.07) is 6.44. The number of fused-ring (bicyclic) bond motifs is 1. The van der Waals surface area contributed by atoms with Gasteiger partial charge >= 0.3 is 0 Å². The number of carbonyl (C=O) groups excluding carboxylic acids is 1. The predicted molar refractivity (Wildman–Crippen MR) is 82.6 cm³/mol. The lowest BCUT2D eigenvalue weighted by Gasteiger charge is -2.35. The van der Waals surface area contributed by atoms with Crippen LogP contribution in [0.4, 0.5) is 0 Å². The molecule has 0 aromatic heterocycles. The summed E-state index contributed by atoms with van der Waals surface area (Å²) in [7, 11) is 0. The monoisotopic (exact) mass is 288 g/mol. The van der Waals surface area contributed by atoms with Crippen molar-refractivity contribution in [3.8, 4) is 5.75 Å². The van der Waals surface area contributed by atoms with Gasteiger partial charge in [-0.25, -0.2) is 0 Å². The van der Waals surface area contributed by atoms with Crippen LogP contribution in [0, 0.1) is 5.92 Å². The fourth-order valence-electron chi connectivity index (χ4n) is 3.09. The molecule has 3 rings (SSSR count). The number of hydrogen-bond donors (Lipinski definition) is 2. The zero-order chi connectivity index (χ0) is 14.7. The number of benzene rings is 1. The molecule has 1 atom stereocenters. The third kappa shape index (κ3) is 3.05. The van der Waals surface area contributed by atoms with Gasteiger partial charge in [0, 0.05) is 6.04 Å². The van der Waals surface area contributed by atoms with Crippen molar-refractivity contribution in [1.82, 2.24) is 10.6 Å². The summed E-state index contributed by atoms with van der Waals surface area (Å²) in [6.45, 7) is 4.31. The normalized spacial score (nSPS) is 19.8. The Hall–Kier alpha value is -1.55. The molecule has 2 aliphatic rings. The number of ether oxygens (including phenoxy) is 1. The van der Waals surface area contributed by atoms with Crippen LogP contribution in [0.25, 0.3) is 0 Å². The third-order valence-electron chi connectivity index (χ3n) is 4.49. The molecule has 114 valence electrons. The zero-order valence-corrected chi connectivity index (χ0v) is 12.7. The van der Waals surface area contributed by atoms with Crippen LogP contribution in [0.3, 0.4) is 0 Å². The number of hydrogen-bond acceptors (Lipinski definition) is 3. The lowest BCUT2D eigenvalue weighted by molar-refractivity contribution is 0.0957. The highest BCUT2D eigenvalue weighted by Crippen LogP contribution is 2.38. The van der Waals surface area contributed by atoms with E-state index in [0.717, 1.165) is 13.0 Å². The molecule has 1 aliphatic carbocycles. The molecule has 1 amide bonds. The summed E-state index contributed by atoms with van der Waals surface area (Å²) in [4.78, 5) is 12.1. The molecule has 0 saturated heterocycles. The average molecular weight is 288 g/mol. The molecule has 1 aromatic carbocycles. The van der Waals surface area contributed by atoms with Gasteiger partial charge in [-0.1, -0.05) is 19.4 Å². The smallest absolute Gasteiger partial charge is 0.255 e. The maximum atomic E-state index is 12.1. The van der Waals surface area contributed by atoms with Gasteiger partial charge in [0.2, 0.25) is 0 Å². The Bertz CT molecular complexity index is 512. The quantitative estimate of drug-likeness (QED) is 0.876. The van der Waals surface area contributed by atoms with Crippen LogP contribution in [0.5, 0.6) is 5.75 Å². The van der Waals surface area contributed by atoms with Crippen molar-refractivity contribution in [2.45, 2.75) is 38.6 Å². The van der Waals surface area contributed by atoms with Crippen molar-refractivity contribution in [2.24, 2.45) is 5.92 Å².